The first-order valence-electron chi connectivity index (χ1n) is 4.82. The molecule has 1 heterocycles. The van der Waals surface area contributed by atoms with Crippen LogP contribution in [0, 0.1) is 11.6 Å². The number of anilines is 2. The van der Waals surface area contributed by atoms with Gasteiger partial charge in [0.05, 0.1) is 15.2 Å². The quantitative estimate of drug-likeness (QED) is 0.347. The van der Waals surface area contributed by atoms with E-state index in [9.17, 15) is 8.78 Å². The van der Waals surface area contributed by atoms with E-state index >= 15 is 0 Å². The lowest BCUT2D eigenvalue weighted by molar-refractivity contribution is 0.587. The molecule has 3 N–H and O–H groups in total. The Labute approximate surface area is 128 Å². The second kappa shape index (κ2) is 5.93. The molecule has 0 amide bonds. The van der Waals surface area contributed by atoms with Crippen molar-refractivity contribution in [2.24, 2.45) is 5.10 Å². The highest BCUT2D eigenvalue weighted by atomic mass is 79.9. The van der Waals surface area contributed by atoms with E-state index < -0.39 is 11.6 Å². The summed E-state index contributed by atoms with van der Waals surface area (Å²) < 4.78 is 27.2. The fourth-order valence-corrected chi connectivity index (χ4v) is 2.91. The first-order chi connectivity index (χ1) is 8.99. The van der Waals surface area contributed by atoms with E-state index in [1.54, 1.807) is 5.38 Å². The number of benzene rings is 1. The molecule has 2 rings (SSSR count). The smallest absolute Gasteiger partial charge is 0.205 e. The van der Waals surface area contributed by atoms with Gasteiger partial charge < -0.3 is 5.73 Å². The summed E-state index contributed by atoms with van der Waals surface area (Å²) in [6.07, 6.45) is 1.16. The molecule has 0 saturated heterocycles. The summed E-state index contributed by atoms with van der Waals surface area (Å²) in [5.74, 6) is -0.838. The van der Waals surface area contributed by atoms with Crippen LogP contribution < -0.4 is 11.2 Å². The van der Waals surface area contributed by atoms with Gasteiger partial charge in [-0.2, -0.15) is 5.10 Å². The van der Waals surface area contributed by atoms with Crippen LogP contribution in [-0.2, 0) is 0 Å². The van der Waals surface area contributed by atoms with E-state index in [0.29, 0.717) is 10.9 Å². The predicted octanol–water partition coefficient (Wildman–Crippen LogP) is 3.97. The maximum atomic E-state index is 13.6. The van der Waals surface area contributed by atoms with Crippen LogP contribution >= 0.6 is 43.2 Å². The third-order valence-corrected chi connectivity index (χ3v) is 4.14. The molecule has 9 heteroatoms. The Morgan fingerprint density at radius 3 is 2.79 bits per heavy atom. The van der Waals surface area contributed by atoms with E-state index in [1.807, 2.05) is 0 Å². The number of nitrogens with one attached hydrogen (secondary N) is 1. The third-order valence-electron chi connectivity index (χ3n) is 2.03. The Hall–Kier alpha value is -1.06. The fourth-order valence-electron chi connectivity index (χ4n) is 1.19. The summed E-state index contributed by atoms with van der Waals surface area (Å²) in [7, 11) is 0. The van der Waals surface area contributed by atoms with Crippen LogP contribution in [0.1, 0.15) is 5.56 Å². The summed E-state index contributed by atoms with van der Waals surface area (Å²) >= 11 is 7.14. The number of nitrogens with two attached hydrogens (primary N) is 1. The van der Waals surface area contributed by atoms with Crippen LogP contribution in [0.2, 0.25) is 0 Å². The largest absolute Gasteiger partial charge is 0.383 e. The zero-order valence-electron chi connectivity index (χ0n) is 9.12. The maximum absolute atomic E-state index is 13.6. The van der Waals surface area contributed by atoms with Crippen LogP contribution in [-0.4, -0.2) is 11.2 Å². The minimum atomic E-state index is -0.607. The molecule has 0 aliphatic rings. The molecular formula is C10H6Br2F2N4S. The van der Waals surface area contributed by atoms with Gasteiger partial charge in [0.25, 0.3) is 0 Å². The van der Waals surface area contributed by atoms with Crippen LogP contribution in [0.15, 0.2) is 25.5 Å². The Kier molecular flexibility index (Phi) is 4.48. The average molecular weight is 412 g/mol. The molecule has 0 bridgehead atoms. The molecule has 0 fully saturated rings. The van der Waals surface area contributed by atoms with E-state index in [4.69, 9.17) is 5.73 Å². The van der Waals surface area contributed by atoms with Crippen molar-refractivity contribution in [3.8, 4) is 0 Å². The highest BCUT2D eigenvalue weighted by Gasteiger charge is 2.14. The van der Waals surface area contributed by atoms with E-state index in [0.717, 1.165) is 12.3 Å². The SMILES string of the molecule is Nc1csc(NN=Cc2c(F)cc(Br)c(F)c2Br)n1. The Morgan fingerprint density at radius 2 is 2.16 bits per heavy atom. The first kappa shape index (κ1) is 14.4. The number of halogens is 4. The van der Waals surface area contributed by atoms with Crippen molar-refractivity contribution in [1.29, 1.82) is 0 Å². The minimum absolute atomic E-state index is 0.00210. The van der Waals surface area contributed by atoms with Gasteiger partial charge in [0.15, 0.2) is 5.82 Å². The van der Waals surface area contributed by atoms with Crippen molar-refractivity contribution in [2.45, 2.75) is 0 Å². The van der Waals surface area contributed by atoms with E-state index in [-0.39, 0.29) is 14.5 Å². The highest BCUT2D eigenvalue weighted by molar-refractivity contribution is 9.11. The molecule has 0 saturated carbocycles. The van der Waals surface area contributed by atoms with Gasteiger partial charge in [0.1, 0.15) is 11.6 Å². The topological polar surface area (TPSA) is 63.3 Å². The van der Waals surface area contributed by atoms with Gasteiger partial charge in [-0.15, -0.1) is 11.3 Å². The molecule has 1 aromatic carbocycles. The van der Waals surface area contributed by atoms with Crippen LogP contribution in [0.5, 0.6) is 0 Å². The molecule has 19 heavy (non-hydrogen) atoms. The molecule has 0 radical (unpaired) electrons. The highest BCUT2D eigenvalue weighted by Crippen LogP contribution is 2.28. The minimum Gasteiger partial charge on any atom is -0.383 e. The zero-order chi connectivity index (χ0) is 14.0. The van der Waals surface area contributed by atoms with Gasteiger partial charge in [0.2, 0.25) is 5.13 Å². The lowest BCUT2D eigenvalue weighted by Crippen LogP contribution is -1.97. The number of nitrogen functional groups attached to an aromatic ring is 1. The van der Waals surface area contributed by atoms with Gasteiger partial charge in [-0.25, -0.2) is 13.8 Å². The van der Waals surface area contributed by atoms with E-state index in [2.05, 4.69) is 47.4 Å². The molecular weight excluding hydrogens is 406 g/mol. The number of aromatic nitrogens is 1. The van der Waals surface area contributed by atoms with Crippen LogP contribution in [0.3, 0.4) is 0 Å². The lowest BCUT2D eigenvalue weighted by Gasteiger charge is -2.04. The summed E-state index contributed by atoms with van der Waals surface area (Å²) in [5.41, 5.74) is 8.01. The van der Waals surface area contributed by atoms with Gasteiger partial charge in [-0.1, -0.05) is 0 Å². The maximum Gasteiger partial charge on any atom is 0.205 e. The molecule has 0 atom stereocenters. The third kappa shape index (κ3) is 3.28. The standard InChI is InChI=1S/C10H6Br2F2N4S/c11-5-1-6(13)4(8(12)9(5)14)2-16-18-10-17-7(15)3-19-10/h1-3H,15H2,(H,17,18). The fraction of sp³-hybridized carbons (Fsp3) is 0. The molecule has 0 aliphatic heterocycles. The van der Waals surface area contributed by atoms with Gasteiger partial charge >= 0.3 is 0 Å². The Balaban J connectivity index is 2.21. The number of hydrogen-bond acceptors (Lipinski definition) is 5. The van der Waals surface area contributed by atoms with Crippen molar-refractivity contribution in [3.05, 3.63) is 37.6 Å². The molecule has 100 valence electrons. The molecule has 0 aliphatic carbocycles. The average Bonchev–Trinajstić information content (AvgIpc) is 2.77. The molecule has 0 spiro atoms. The second-order valence-electron chi connectivity index (χ2n) is 3.33. The number of hydrogen-bond donors (Lipinski definition) is 2. The number of hydrazone groups is 1. The van der Waals surface area contributed by atoms with Crippen molar-refractivity contribution in [1.82, 2.24) is 4.98 Å². The summed E-state index contributed by atoms with van der Waals surface area (Å²) in [6, 6.07) is 1.03. The van der Waals surface area contributed by atoms with Crippen LogP contribution in [0.25, 0.3) is 0 Å². The summed E-state index contributed by atoms with van der Waals surface area (Å²) in [5, 5.41) is 5.88. The predicted molar refractivity (Wildman–Crippen MR) is 79.5 cm³/mol. The van der Waals surface area contributed by atoms with Crippen molar-refractivity contribution < 1.29 is 8.78 Å². The molecule has 1 aromatic heterocycles. The van der Waals surface area contributed by atoms with Crippen molar-refractivity contribution >= 4 is 60.4 Å². The van der Waals surface area contributed by atoms with Crippen molar-refractivity contribution in [3.63, 3.8) is 0 Å². The molecule has 2 aromatic rings. The monoisotopic (exact) mass is 410 g/mol. The van der Waals surface area contributed by atoms with Gasteiger partial charge in [-0.3, -0.25) is 5.43 Å². The lowest BCUT2D eigenvalue weighted by atomic mass is 10.2. The molecule has 0 unspecified atom stereocenters. The molecule has 4 nitrogen and oxygen atoms in total. The van der Waals surface area contributed by atoms with Gasteiger partial charge in [0, 0.05) is 10.9 Å². The number of thiazole rings is 1. The Morgan fingerprint density at radius 1 is 1.42 bits per heavy atom. The van der Waals surface area contributed by atoms with Crippen LogP contribution in [0.4, 0.5) is 19.7 Å². The number of rotatable bonds is 3. The van der Waals surface area contributed by atoms with Gasteiger partial charge in [-0.05, 0) is 37.9 Å². The normalized spacial score (nSPS) is 11.2. The Bertz CT molecular complexity index is 645. The number of nitrogens with zero attached hydrogens (tertiary/aromatic N) is 2. The zero-order valence-corrected chi connectivity index (χ0v) is 13.1. The summed E-state index contributed by atoms with van der Waals surface area (Å²) in [6.45, 7) is 0. The summed E-state index contributed by atoms with van der Waals surface area (Å²) in [4.78, 5) is 3.90. The van der Waals surface area contributed by atoms with Crippen molar-refractivity contribution in [2.75, 3.05) is 11.2 Å². The first-order valence-corrected chi connectivity index (χ1v) is 7.28. The second-order valence-corrected chi connectivity index (χ2v) is 5.83. The van der Waals surface area contributed by atoms with E-state index in [1.165, 1.54) is 11.3 Å².